The van der Waals surface area contributed by atoms with Crippen LogP contribution in [-0.4, -0.2) is 27.6 Å². The predicted molar refractivity (Wildman–Crippen MR) is 76.4 cm³/mol. The lowest BCUT2D eigenvalue weighted by atomic mass is 9.97. The molecule has 4 nitrogen and oxygen atoms in total. The number of imidazole rings is 1. The summed E-state index contributed by atoms with van der Waals surface area (Å²) >= 11 is 3.62. The highest BCUT2D eigenvalue weighted by atomic mass is 79.9. The highest BCUT2D eigenvalue weighted by Crippen LogP contribution is 2.33. The molecular weight excluding hydrogens is 306 g/mol. The summed E-state index contributed by atoms with van der Waals surface area (Å²) < 4.78 is 8.71. The van der Waals surface area contributed by atoms with E-state index in [0.29, 0.717) is 5.92 Å². The minimum absolute atomic E-state index is 0.522. The Bertz CT molecular complexity index is 671. The van der Waals surface area contributed by atoms with Gasteiger partial charge < -0.3 is 4.74 Å². The molecule has 98 valence electrons. The molecule has 0 bridgehead atoms. The van der Waals surface area contributed by atoms with Crippen molar-refractivity contribution in [1.82, 2.24) is 14.4 Å². The van der Waals surface area contributed by atoms with Crippen molar-refractivity contribution in [3.05, 3.63) is 35.6 Å². The van der Waals surface area contributed by atoms with Gasteiger partial charge in [-0.05, 0) is 28.8 Å². The van der Waals surface area contributed by atoms with Crippen molar-refractivity contribution in [2.45, 2.75) is 25.2 Å². The third kappa shape index (κ3) is 1.83. The van der Waals surface area contributed by atoms with Crippen LogP contribution in [0.1, 0.15) is 35.8 Å². The lowest BCUT2D eigenvalue weighted by molar-refractivity contribution is 0.0846. The van der Waals surface area contributed by atoms with Gasteiger partial charge in [-0.25, -0.2) is 4.98 Å². The number of hydrogen-bond donors (Lipinski definition) is 0. The molecule has 0 saturated carbocycles. The molecule has 0 atom stereocenters. The van der Waals surface area contributed by atoms with Gasteiger partial charge in [-0.15, -0.1) is 0 Å². The molecular formula is C14H14BrN3O. The van der Waals surface area contributed by atoms with Crippen molar-refractivity contribution in [2.75, 3.05) is 13.2 Å². The van der Waals surface area contributed by atoms with Crippen LogP contribution in [0.15, 0.2) is 18.5 Å². The molecule has 2 aliphatic rings. The van der Waals surface area contributed by atoms with E-state index in [1.165, 1.54) is 5.69 Å². The molecule has 4 rings (SSSR count). The number of hydrogen-bond acceptors (Lipinski definition) is 3. The summed E-state index contributed by atoms with van der Waals surface area (Å²) in [5, 5.41) is 0. The van der Waals surface area contributed by atoms with Gasteiger partial charge in [-0.1, -0.05) is 6.08 Å². The zero-order valence-corrected chi connectivity index (χ0v) is 12.1. The molecule has 1 fully saturated rings. The van der Waals surface area contributed by atoms with Crippen molar-refractivity contribution >= 4 is 26.1 Å². The van der Waals surface area contributed by atoms with Crippen LogP contribution in [0, 0.1) is 0 Å². The van der Waals surface area contributed by atoms with Gasteiger partial charge in [-0.3, -0.25) is 9.38 Å². The number of rotatable bonds is 1. The van der Waals surface area contributed by atoms with Crippen LogP contribution in [-0.2, 0) is 11.2 Å². The Balaban J connectivity index is 1.83. The number of nitrogens with zero attached hydrogens (tertiary/aromatic N) is 3. The minimum Gasteiger partial charge on any atom is -0.381 e. The van der Waals surface area contributed by atoms with Gasteiger partial charge in [0.15, 0.2) is 5.65 Å². The fourth-order valence-corrected chi connectivity index (χ4v) is 3.48. The number of aromatic nitrogens is 3. The fourth-order valence-electron chi connectivity index (χ4n) is 2.89. The summed E-state index contributed by atoms with van der Waals surface area (Å²) in [6.07, 6.45) is 9.24. The fraction of sp³-hybridized carbons (Fsp3) is 0.429. The van der Waals surface area contributed by atoms with Gasteiger partial charge in [0, 0.05) is 36.2 Å². The van der Waals surface area contributed by atoms with Crippen molar-refractivity contribution in [3.63, 3.8) is 0 Å². The molecule has 3 heterocycles. The first-order valence-corrected chi connectivity index (χ1v) is 7.43. The second kappa shape index (κ2) is 4.42. The maximum atomic E-state index is 5.42. The van der Waals surface area contributed by atoms with Gasteiger partial charge in [0.1, 0.15) is 0 Å². The Hall–Kier alpha value is -1.20. The first-order chi connectivity index (χ1) is 9.33. The molecule has 2 aromatic rings. The van der Waals surface area contributed by atoms with Crippen molar-refractivity contribution in [3.8, 4) is 0 Å². The monoisotopic (exact) mass is 319 g/mol. The highest BCUT2D eigenvalue weighted by molar-refractivity contribution is 9.15. The second-order valence-corrected chi connectivity index (χ2v) is 5.94. The van der Waals surface area contributed by atoms with Crippen LogP contribution < -0.4 is 0 Å². The zero-order valence-electron chi connectivity index (χ0n) is 10.5. The van der Waals surface area contributed by atoms with E-state index in [1.807, 2.05) is 6.20 Å². The SMILES string of the molecule is BrC1=CCc2ncc3nc(C4CCOCC4)cn3c21. The van der Waals surface area contributed by atoms with E-state index < -0.39 is 0 Å². The number of ether oxygens (including phenoxy) is 1. The van der Waals surface area contributed by atoms with Gasteiger partial charge >= 0.3 is 0 Å². The lowest BCUT2D eigenvalue weighted by Gasteiger charge is -2.19. The third-order valence-corrected chi connectivity index (χ3v) is 4.64. The first-order valence-electron chi connectivity index (χ1n) is 6.63. The molecule has 0 amide bonds. The Morgan fingerprint density at radius 1 is 1.32 bits per heavy atom. The Labute approximate surface area is 119 Å². The molecule has 0 aromatic carbocycles. The normalized spacial score (nSPS) is 19.7. The molecule has 0 N–H and O–H groups in total. The Morgan fingerprint density at radius 2 is 2.16 bits per heavy atom. The van der Waals surface area contributed by atoms with Crippen LogP contribution in [0.2, 0.25) is 0 Å². The van der Waals surface area contributed by atoms with E-state index in [-0.39, 0.29) is 0 Å². The van der Waals surface area contributed by atoms with E-state index >= 15 is 0 Å². The second-order valence-electron chi connectivity index (χ2n) is 5.09. The number of allylic oxidation sites excluding steroid dienone is 1. The summed E-state index contributed by atoms with van der Waals surface area (Å²) in [5.74, 6) is 0.522. The van der Waals surface area contributed by atoms with Crippen molar-refractivity contribution in [2.24, 2.45) is 0 Å². The molecule has 19 heavy (non-hydrogen) atoms. The topological polar surface area (TPSA) is 39.4 Å². The molecule has 0 radical (unpaired) electrons. The Morgan fingerprint density at radius 3 is 3.00 bits per heavy atom. The van der Waals surface area contributed by atoms with E-state index in [9.17, 15) is 0 Å². The molecule has 1 aliphatic carbocycles. The van der Waals surface area contributed by atoms with E-state index in [4.69, 9.17) is 9.72 Å². The summed E-state index contributed by atoms with van der Waals surface area (Å²) in [7, 11) is 0. The largest absolute Gasteiger partial charge is 0.381 e. The minimum atomic E-state index is 0.522. The molecule has 1 saturated heterocycles. The molecule has 5 heteroatoms. The lowest BCUT2D eigenvalue weighted by Crippen LogP contribution is -2.14. The summed E-state index contributed by atoms with van der Waals surface area (Å²) in [6, 6.07) is 0. The van der Waals surface area contributed by atoms with Gasteiger partial charge in [0.25, 0.3) is 0 Å². The maximum absolute atomic E-state index is 5.42. The number of fused-ring (bicyclic) bond motifs is 3. The maximum Gasteiger partial charge on any atom is 0.156 e. The highest BCUT2D eigenvalue weighted by Gasteiger charge is 2.22. The molecule has 1 aliphatic heterocycles. The number of halogens is 1. The molecule has 0 spiro atoms. The van der Waals surface area contributed by atoms with E-state index in [1.54, 1.807) is 0 Å². The molecule has 0 unspecified atom stereocenters. The van der Waals surface area contributed by atoms with E-state index in [2.05, 4.69) is 37.6 Å². The van der Waals surface area contributed by atoms with Gasteiger partial charge in [0.05, 0.1) is 23.3 Å². The average molecular weight is 320 g/mol. The van der Waals surface area contributed by atoms with Crippen molar-refractivity contribution in [1.29, 1.82) is 0 Å². The Kier molecular flexibility index (Phi) is 2.70. The van der Waals surface area contributed by atoms with Crippen LogP contribution >= 0.6 is 15.9 Å². The summed E-state index contributed by atoms with van der Waals surface area (Å²) in [4.78, 5) is 9.25. The van der Waals surface area contributed by atoms with Crippen LogP contribution in [0.4, 0.5) is 0 Å². The molecule has 2 aromatic heterocycles. The van der Waals surface area contributed by atoms with Gasteiger partial charge in [0.2, 0.25) is 0 Å². The average Bonchev–Trinajstić information content (AvgIpc) is 3.03. The van der Waals surface area contributed by atoms with E-state index in [0.717, 1.165) is 54.0 Å². The third-order valence-electron chi connectivity index (χ3n) is 3.94. The van der Waals surface area contributed by atoms with Crippen LogP contribution in [0.3, 0.4) is 0 Å². The standard InChI is InChI=1S/C14H14BrN3O/c15-10-1-2-11-14(10)18-8-12(17-13(18)7-16-11)9-3-5-19-6-4-9/h1,7-9H,2-6H2. The van der Waals surface area contributed by atoms with Crippen LogP contribution in [0.5, 0.6) is 0 Å². The summed E-state index contributed by atoms with van der Waals surface area (Å²) in [6.45, 7) is 1.69. The smallest absolute Gasteiger partial charge is 0.156 e. The van der Waals surface area contributed by atoms with Crippen LogP contribution in [0.25, 0.3) is 10.1 Å². The predicted octanol–water partition coefficient (Wildman–Crippen LogP) is 2.92. The zero-order chi connectivity index (χ0) is 12.8. The van der Waals surface area contributed by atoms with Crippen molar-refractivity contribution < 1.29 is 4.74 Å². The summed E-state index contributed by atoms with van der Waals surface area (Å²) in [5.41, 5.74) is 4.39. The quantitative estimate of drug-likeness (QED) is 0.811. The van der Waals surface area contributed by atoms with Gasteiger partial charge in [-0.2, -0.15) is 0 Å². The first kappa shape index (κ1) is 11.6.